The summed E-state index contributed by atoms with van der Waals surface area (Å²) in [7, 11) is 0. The molecule has 84 valence electrons. The fourth-order valence-corrected chi connectivity index (χ4v) is 3.09. The summed E-state index contributed by atoms with van der Waals surface area (Å²) in [6, 6.07) is 8.27. The molecule has 0 spiro atoms. The highest BCUT2D eigenvalue weighted by Crippen LogP contribution is 2.38. The van der Waals surface area contributed by atoms with Gasteiger partial charge in [-0.3, -0.25) is 0 Å². The number of carboxylic acid groups (broad SMARTS) is 1. The Bertz CT molecular complexity index is 430. The standard InChI is InChI=1S/C13H15NO2/c15-13(16)10-8-9-4-1-2-5-11(9)14-7-3-6-12(10)14/h1-2,4-5,10,12H,3,6-8H2,(H,15,16)/p-1/t10-,12-/m1/s1. The number of aliphatic carboxylic acids is 1. The molecule has 0 unspecified atom stereocenters. The van der Waals surface area contributed by atoms with E-state index in [1.54, 1.807) is 0 Å². The Hall–Kier alpha value is -1.51. The summed E-state index contributed by atoms with van der Waals surface area (Å²) >= 11 is 0. The first-order valence-corrected chi connectivity index (χ1v) is 5.83. The van der Waals surface area contributed by atoms with Crippen molar-refractivity contribution in [3.05, 3.63) is 29.8 Å². The SMILES string of the molecule is O=C([O-])[C@@H]1Cc2ccccc2N2CCC[C@H]12. The summed E-state index contributed by atoms with van der Waals surface area (Å²) in [6.45, 7) is 0.978. The maximum absolute atomic E-state index is 11.2. The fourth-order valence-electron chi connectivity index (χ4n) is 3.09. The van der Waals surface area contributed by atoms with Crippen LogP contribution in [0.2, 0.25) is 0 Å². The lowest BCUT2D eigenvalue weighted by atomic mass is 9.86. The van der Waals surface area contributed by atoms with Crippen LogP contribution in [0.1, 0.15) is 18.4 Å². The van der Waals surface area contributed by atoms with Crippen molar-refractivity contribution >= 4 is 11.7 Å². The summed E-state index contributed by atoms with van der Waals surface area (Å²) < 4.78 is 0. The Kier molecular flexibility index (Phi) is 2.13. The normalized spacial score (nSPS) is 27.4. The second-order valence-electron chi connectivity index (χ2n) is 4.66. The predicted octanol–water partition coefficient (Wildman–Crippen LogP) is 0.578. The maximum atomic E-state index is 11.2. The molecule has 3 heteroatoms. The molecule has 3 nitrogen and oxygen atoms in total. The van der Waals surface area contributed by atoms with Crippen molar-refractivity contribution in [1.29, 1.82) is 0 Å². The van der Waals surface area contributed by atoms with Gasteiger partial charge in [0.05, 0.1) is 0 Å². The molecule has 2 heterocycles. The molecule has 0 amide bonds. The highest BCUT2D eigenvalue weighted by molar-refractivity contribution is 5.73. The van der Waals surface area contributed by atoms with Gasteiger partial charge >= 0.3 is 0 Å². The molecular formula is C13H14NO2-. The third-order valence-corrected chi connectivity index (χ3v) is 3.81. The number of hydrogen-bond donors (Lipinski definition) is 0. The van der Waals surface area contributed by atoms with Gasteiger partial charge in [0.25, 0.3) is 0 Å². The monoisotopic (exact) mass is 216 g/mol. The van der Waals surface area contributed by atoms with Crippen LogP contribution in [0.15, 0.2) is 24.3 Å². The molecule has 3 rings (SSSR count). The van der Waals surface area contributed by atoms with E-state index in [9.17, 15) is 9.90 Å². The van der Waals surface area contributed by atoms with E-state index in [1.165, 1.54) is 5.69 Å². The van der Waals surface area contributed by atoms with Gasteiger partial charge in [-0.05, 0) is 30.9 Å². The van der Waals surface area contributed by atoms with Gasteiger partial charge in [-0.2, -0.15) is 0 Å². The van der Waals surface area contributed by atoms with Gasteiger partial charge < -0.3 is 14.8 Å². The number of carbonyl (C=O) groups excluding carboxylic acids is 1. The van der Waals surface area contributed by atoms with Crippen LogP contribution < -0.4 is 10.0 Å². The number of fused-ring (bicyclic) bond motifs is 3. The number of benzene rings is 1. The highest BCUT2D eigenvalue weighted by atomic mass is 16.4. The van der Waals surface area contributed by atoms with Crippen LogP contribution in [0, 0.1) is 5.92 Å². The highest BCUT2D eigenvalue weighted by Gasteiger charge is 2.37. The van der Waals surface area contributed by atoms with Crippen LogP contribution in [0.25, 0.3) is 0 Å². The van der Waals surface area contributed by atoms with E-state index in [4.69, 9.17) is 0 Å². The molecule has 16 heavy (non-hydrogen) atoms. The largest absolute Gasteiger partial charge is 0.550 e. The number of para-hydroxylation sites is 1. The van der Waals surface area contributed by atoms with Gasteiger partial charge in [0.15, 0.2) is 0 Å². The molecule has 0 radical (unpaired) electrons. The van der Waals surface area contributed by atoms with Crippen LogP contribution in [0.4, 0.5) is 5.69 Å². The van der Waals surface area contributed by atoms with E-state index < -0.39 is 5.97 Å². The zero-order chi connectivity index (χ0) is 11.1. The minimum atomic E-state index is -0.897. The van der Waals surface area contributed by atoms with Crippen LogP contribution in [-0.2, 0) is 11.2 Å². The lowest BCUT2D eigenvalue weighted by molar-refractivity contribution is -0.312. The van der Waals surface area contributed by atoms with Crippen molar-refractivity contribution in [2.24, 2.45) is 5.92 Å². The lowest BCUT2D eigenvalue weighted by Crippen LogP contribution is -2.48. The zero-order valence-electron chi connectivity index (χ0n) is 9.06. The number of carboxylic acids is 1. The zero-order valence-corrected chi connectivity index (χ0v) is 9.06. The molecule has 0 N–H and O–H groups in total. The molecule has 2 aliphatic heterocycles. The van der Waals surface area contributed by atoms with E-state index in [-0.39, 0.29) is 12.0 Å². The van der Waals surface area contributed by atoms with Gasteiger partial charge in [-0.1, -0.05) is 18.2 Å². The first-order chi connectivity index (χ1) is 7.77. The van der Waals surface area contributed by atoms with Gasteiger partial charge in [-0.15, -0.1) is 0 Å². The Morgan fingerprint density at radius 3 is 3.00 bits per heavy atom. The van der Waals surface area contributed by atoms with Crippen molar-refractivity contribution in [1.82, 2.24) is 0 Å². The predicted molar refractivity (Wildman–Crippen MR) is 59.0 cm³/mol. The van der Waals surface area contributed by atoms with Crippen molar-refractivity contribution in [3.63, 3.8) is 0 Å². The first-order valence-electron chi connectivity index (χ1n) is 5.83. The van der Waals surface area contributed by atoms with E-state index >= 15 is 0 Å². The maximum Gasteiger partial charge on any atom is 0.0469 e. The summed E-state index contributed by atoms with van der Waals surface area (Å²) in [6.07, 6.45) is 2.69. The fraction of sp³-hybridized carbons (Fsp3) is 0.462. The molecule has 1 aromatic rings. The smallest absolute Gasteiger partial charge is 0.0469 e. The summed E-state index contributed by atoms with van der Waals surface area (Å²) in [5.41, 5.74) is 2.37. The molecule has 2 atom stereocenters. The van der Waals surface area contributed by atoms with Crippen molar-refractivity contribution in [2.45, 2.75) is 25.3 Å². The van der Waals surface area contributed by atoms with Crippen LogP contribution >= 0.6 is 0 Å². The second kappa shape index (κ2) is 3.51. The Morgan fingerprint density at radius 2 is 2.19 bits per heavy atom. The van der Waals surface area contributed by atoms with Crippen molar-refractivity contribution in [2.75, 3.05) is 11.4 Å². The number of nitrogens with zero attached hydrogens (tertiary/aromatic N) is 1. The minimum absolute atomic E-state index is 0.153. The number of carbonyl (C=O) groups is 1. The topological polar surface area (TPSA) is 43.4 Å². The van der Waals surface area contributed by atoms with Gasteiger partial charge in [0.1, 0.15) is 0 Å². The van der Waals surface area contributed by atoms with Crippen LogP contribution in [0.5, 0.6) is 0 Å². The van der Waals surface area contributed by atoms with Gasteiger partial charge in [0, 0.05) is 30.2 Å². The molecule has 0 aromatic heterocycles. The molecule has 0 bridgehead atoms. The van der Waals surface area contributed by atoms with E-state index in [0.717, 1.165) is 24.9 Å². The second-order valence-corrected chi connectivity index (χ2v) is 4.66. The minimum Gasteiger partial charge on any atom is -0.550 e. The van der Waals surface area contributed by atoms with E-state index in [0.29, 0.717) is 6.42 Å². The molecule has 1 saturated heterocycles. The summed E-state index contributed by atoms with van der Waals surface area (Å²) in [5, 5.41) is 11.2. The van der Waals surface area contributed by atoms with Crippen molar-refractivity contribution < 1.29 is 9.90 Å². The van der Waals surface area contributed by atoms with Gasteiger partial charge in [-0.25, -0.2) is 0 Å². The van der Waals surface area contributed by atoms with E-state index in [2.05, 4.69) is 11.0 Å². The molecule has 0 saturated carbocycles. The quantitative estimate of drug-likeness (QED) is 0.689. The Labute approximate surface area is 94.7 Å². The molecule has 1 aromatic carbocycles. The van der Waals surface area contributed by atoms with Crippen molar-refractivity contribution in [3.8, 4) is 0 Å². The molecule has 0 aliphatic carbocycles. The number of rotatable bonds is 1. The summed E-state index contributed by atoms with van der Waals surface area (Å²) in [4.78, 5) is 13.4. The number of hydrogen-bond acceptors (Lipinski definition) is 3. The lowest BCUT2D eigenvalue weighted by Gasteiger charge is -2.40. The average Bonchev–Trinajstić information content (AvgIpc) is 2.76. The summed E-state index contributed by atoms with van der Waals surface area (Å²) in [5.74, 6) is -1.23. The Balaban J connectivity index is 2.05. The molecule has 2 aliphatic rings. The third kappa shape index (κ3) is 1.31. The van der Waals surface area contributed by atoms with E-state index in [1.807, 2.05) is 18.2 Å². The van der Waals surface area contributed by atoms with Crippen LogP contribution in [0.3, 0.4) is 0 Å². The average molecular weight is 216 g/mol. The van der Waals surface area contributed by atoms with Crippen LogP contribution in [-0.4, -0.2) is 18.6 Å². The Morgan fingerprint density at radius 1 is 1.38 bits per heavy atom. The van der Waals surface area contributed by atoms with Gasteiger partial charge in [0.2, 0.25) is 0 Å². The number of anilines is 1. The molecule has 1 fully saturated rings. The molecular weight excluding hydrogens is 202 g/mol. The first kappa shape index (κ1) is 9.70. The third-order valence-electron chi connectivity index (χ3n) is 3.81.